The summed E-state index contributed by atoms with van der Waals surface area (Å²) in [5, 5.41) is 3.45. The van der Waals surface area contributed by atoms with Gasteiger partial charge in [0.1, 0.15) is 0 Å². The normalized spacial score (nSPS) is 20.4. The third-order valence-electron chi connectivity index (χ3n) is 3.27. The maximum absolute atomic E-state index is 5.10. The van der Waals surface area contributed by atoms with Crippen molar-refractivity contribution in [2.75, 3.05) is 32.3 Å². The zero-order valence-corrected chi connectivity index (χ0v) is 10.9. The largest absolute Gasteiger partial charge is 0.385 e. The van der Waals surface area contributed by atoms with E-state index in [4.69, 9.17) is 4.74 Å². The molecule has 1 N–H and O–H groups in total. The molecule has 1 heterocycles. The van der Waals surface area contributed by atoms with Crippen LogP contribution in [0, 0.1) is 5.92 Å². The summed E-state index contributed by atoms with van der Waals surface area (Å²) in [5.41, 5.74) is 0. The molecule has 0 saturated carbocycles. The first-order valence-corrected chi connectivity index (χ1v) is 7.26. The Labute approximate surface area is 98.5 Å². The summed E-state index contributed by atoms with van der Waals surface area (Å²) in [6.07, 6.45) is 6.65. The topological polar surface area (TPSA) is 21.3 Å². The van der Waals surface area contributed by atoms with Crippen molar-refractivity contribution in [2.24, 2.45) is 5.92 Å². The maximum Gasteiger partial charge on any atom is 0.0462 e. The molecule has 1 saturated heterocycles. The first kappa shape index (κ1) is 13.3. The van der Waals surface area contributed by atoms with Crippen LogP contribution in [0.3, 0.4) is 0 Å². The van der Waals surface area contributed by atoms with Crippen molar-refractivity contribution in [3.8, 4) is 0 Å². The minimum Gasteiger partial charge on any atom is -0.385 e. The highest BCUT2D eigenvalue weighted by atomic mass is 32.2. The van der Waals surface area contributed by atoms with E-state index in [1.807, 2.05) is 0 Å². The fourth-order valence-electron chi connectivity index (χ4n) is 2.24. The van der Waals surface area contributed by atoms with Gasteiger partial charge in [-0.25, -0.2) is 0 Å². The number of thioether (sulfide) groups is 1. The Morgan fingerprint density at radius 2 is 2.13 bits per heavy atom. The van der Waals surface area contributed by atoms with Gasteiger partial charge in [0.2, 0.25) is 0 Å². The Balaban J connectivity index is 2.13. The van der Waals surface area contributed by atoms with Crippen molar-refractivity contribution >= 4 is 11.8 Å². The van der Waals surface area contributed by atoms with Crippen LogP contribution < -0.4 is 5.32 Å². The molecule has 90 valence electrons. The van der Waals surface area contributed by atoms with Crippen LogP contribution in [-0.4, -0.2) is 38.3 Å². The van der Waals surface area contributed by atoms with Gasteiger partial charge in [0, 0.05) is 19.8 Å². The molecule has 2 nitrogen and oxygen atoms in total. The molecule has 15 heavy (non-hydrogen) atoms. The van der Waals surface area contributed by atoms with Gasteiger partial charge in [-0.1, -0.05) is 0 Å². The number of rotatable bonds is 7. The van der Waals surface area contributed by atoms with Crippen molar-refractivity contribution in [1.82, 2.24) is 5.32 Å². The van der Waals surface area contributed by atoms with Crippen LogP contribution >= 0.6 is 11.8 Å². The lowest BCUT2D eigenvalue weighted by Crippen LogP contribution is -2.29. The number of ether oxygens (including phenoxy) is 1. The van der Waals surface area contributed by atoms with Crippen molar-refractivity contribution in [1.29, 1.82) is 0 Å². The lowest BCUT2D eigenvalue weighted by Gasteiger charge is -2.26. The predicted octanol–water partition coefficient (Wildman–Crippen LogP) is 2.53. The van der Waals surface area contributed by atoms with Crippen LogP contribution in [-0.2, 0) is 4.74 Å². The lowest BCUT2D eigenvalue weighted by molar-refractivity contribution is 0.187. The summed E-state index contributed by atoms with van der Waals surface area (Å²) in [5.74, 6) is 3.71. The number of hydrogen-bond acceptors (Lipinski definition) is 3. The summed E-state index contributed by atoms with van der Waals surface area (Å²) < 4.78 is 5.10. The third-order valence-corrected chi connectivity index (χ3v) is 4.32. The Kier molecular flexibility index (Phi) is 7.49. The van der Waals surface area contributed by atoms with E-state index in [1.165, 1.54) is 43.6 Å². The highest BCUT2D eigenvalue weighted by Crippen LogP contribution is 2.27. The molecular formula is C12H25NOS. The van der Waals surface area contributed by atoms with E-state index in [0.29, 0.717) is 6.04 Å². The van der Waals surface area contributed by atoms with Gasteiger partial charge in [-0.2, -0.15) is 11.8 Å². The minimum absolute atomic E-state index is 0.702. The summed E-state index contributed by atoms with van der Waals surface area (Å²) in [7, 11) is 3.88. The number of hydrogen-bond donors (Lipinski definition) is 1. The van der Waals surface area contributed by atoms with Crippen molar-refractivity contribution in [2.45, 2.75) is 38.1 Å². The quantitative estimate of drug-likeness (QED) is 0.680. The van der Waals surface area contributed by atoms with E-state index >= 15 is 0 Å². The van der Waals surface area contributed by atoms with E-state index in [-0.39, 0.29) is 0 Å². The number of methoxy groups -OCH3 is 1. The average Bonchev–Trinajstić information content (AvgIpc) is 2.29. The Morgan fingerprint density at radius 1 is 1.40 bits per heavy atom. The Morgan fingerprint density at radius 3 is 2.73 bits per heavy atom. The Bertz CT molecular complexity index is 149. The molecule has 0 aliphatic carbocycles. The zero-order chi connectivity index (χ0) is 10.9. The molecular weight excluding hydrogens is 206 g/mol. The summed E-state index contributed by atoms with van der Waals surface area (Å²) in [6.45, 7) is 0.901. The van der Waals surface area contributed by atoms with Gasteiger partial charge in [-0.3, -0.25) is 0 Å². The van der Waals surface area contributed by atoms with Crippen LogP contribution in [0.25, 0.3) is 0 Å². The molecule has 1 fully saturated rings. The van der Waals surface area contributed by atoms with Crippen LogP contribution in [0.15, 0.2) is 0 Å². The lowest BCUT2D eigenvalue weighted by atomic mass is 9.92. The fraction of sp³-hybridized carbons (Fsp3) is 1.00. The van der Waals surface area contributed by atoms with Crippen molar-refractivity contribution < 1.29 is 4.74 Å². The standard InChI is InChI=1S/C12H25NOS/c1-13-12(4-3-7-14-2)10-11-5-8-15-9-6-11/h11-13H,3-10H2,1-2H3. The molecule has 0 aromatic heterocycles. The SMILES string of the molecule is CNC(CCCOC)CC1CCSCC1. The van der Waals surface area contributed by atoms with Gasteiger partial charge < -0.3 is 10.1 Å². The van der Waals surface area contributed by atoms with Gasteiger partial charge in [0.15, 0.2) is 0 Å². The highest BCUT2D eigenvalue weighted by molar-refractivity contribution is 7.99. The van der Waals surface area contributed by atoms with Gasteiger partial charge >= 0.3 is 0 Å². The average molecular weight is 231 g/mol. The molecule has 0 amide bonds. The maximum atomic E-state index is 5.10. The molecule has 0 spiro atoms. The molecule has 1 aliphatic heterocycles. The second-order valence-corrected chi connectivity index (χ2v) is 5.64. The summed E-state index contributed by atoms with van der Waals surface area (Å²) in [4.78, 5) is 0. The van der Waals surface area contributed by atoms with E-state index in [9.17, 15) is 0 Å². The van der Waals surface area contributed by atoms with Crippen molar-refractivity contribution in [3.63, 3.8) is 0 Å². The van der Waals surface area contributed by atoms with Crippen LogP contribution in [0.4, 0.5) is 0 Å². The summed E-state index contributed by atoms with van der Waals surface area (Å²) >= 11 is 2.11. The molecule has 0 aromatic carbocycles. The Hall–Kier alpha value is 0.270. The molecule has 1 unspecified atom stereocenters. The van der Waals surface area contributed by atoms with Crippen molar-refractivity contribution in [3.05, 3.63) is 0 Å². The van der Waals surface area contributed by atoms with Gasteiger partial charge in [0.05, 0.1) is 0 Å². The molecule has 1 rings (SSSR count). The first-order valence-electron chi connectivity index (χ1n) is 6.10. The van der Waals surface area contributed by atoms with Crippen LogP contribution in [0.1, 0.15) is 32.1 Å². The summed E-state index contributed by atoms with van der Waals surface area (Å²) in [6, 6.07) is 0.702. The first-order chi connectivity index (χ1) is 7.36. The van der Waals surface area contributed by atoms with E-state index in [2.05, 4.69) is 24.1 Å². The number of nitrogens with one attached hydrogen (secondary N) is 1. The second kappa shape index (κ2) is 8.43. The van der Waals surface area contributed by atoms with Crippen LogP contribution in [0.2, 0.25) is 0 Å². The molecule has 0 bridgehead atoms. The fourth-order valence-corrected chi connectivity index (χ4v) is 3.44. The third kappa shape index (κ3) is 5.79. The molecule has 0 radical (unpaired) electrons. The molecule has 1 aliphatic rings. The monoisotopic (exact) mass is 231 g/mol. The minimum atomic E-state index is 0.702. The van der Waals surface area contributed by atoms with E-state index in [1.54, 1.807) is 7.11 Å². The van der Waals surface area contributed by atoms with Crippen LogP contribution in [0.5, 0.6) is 0 Å². The second-order valence-electron chi connectivity index (χ2n) is 4.41. The van der Waals surface area contributed by atoms with Gasteiger partial charge in [0.25, 0.3) is 0 Å². The smallest absolute Gasteiger partial charge is 0.0462 e. The van der Waals surface area contributed by atoms with Gasteiger partial charge in [-0.15, -0.1) is 0 Å². The molecule has 1 atom stereocenters. The van der Waals surface area contributed by atoms with E-state index in [0.717, 1.165) is 12.5 Å². The highest BCUT2D eigenvalue weighted by Gasteiger charge is 2.17. The van der Waals surface area contributed by atoms with Gasteiger partial charge in [-0.05, 0) is 56.6 Å². The molecule has 3 heteroatoms. The van der Waals surface area contributed by atoms with E-state index < -0.39 is 0 Å². The molecule has 0 aromatic rings. The predicted molar refractivity (Wildman–Crippen MR) is 68.6 cm³/mol. The zero-order valence-electron chi connectivity index (χ0n) is 10.1.